The van der Waals surface area contributed by atoms with Crippen molar-refractivity contribution in [1.29, 1.82) is 0 Å². The van der Waals surface area contributed by atoms with Crippen LogP contribution in [0.2, 0.25) is 0 Å². The van der Waals surface area contributed by atoms with Gasteiger partial charge in [-0.15, -0.1) is 0 Å². The molecular formula is C25H42N2O4. The lowest BCUT2D eigenvalue weighted by molar-refractivity contribution is -0.152. The van der Waals surface area contributed by atoms with Crippen LogP contribution < -0.4 is 5.73 Å². The van der Waals surface area contributed by atoms with E-state index >= 15 is 0 Å². The van der Waals surface area contributed by atoms with Crippen LogP contribution in [-0.4, -0.2) is 42.7 Å². The number of hydrogen-bond donors (Lipinski definition) is 1. The van der Waals surface area contributed by atoms with E-state index in [1.807, 2.05) is 51.2 Å². The molecule has 1 atom stereocenters. The van der Waals surface area contributed by atoms with Gasteiger partial charge in [-0.25, -0.2) is 0 Å². The van der Waals surface area contributed by atoms with Gasteiger partial charge in [0.15, 0.2) is 0 Å². The number of carbonyl (C=O) groups is 3. The van der Waals surface area contributed by atoms with Gasteiger partial charge in [0.05, 0.1) is 0 Å². The van der Waals surface area contributed by atoms with E-state index in [-0.39, 0.29) is 17.9 Å². The van der Waals surface area contributed by atoms with Crippen LogP contribution >= 0.6 is 0 Å². The first-order valence-electron chi connectivity index (χ1n) is 11.3. The number of ether oxygens (including phenoxy) is 1. The summed E-state index contributed by atoms with van der Waals surface area (Å²) >= 11 is 0. The van der Waals surface area contributed by atoms with Gasteiger partial charge in [-0.1, -0.05) is 64.4 Å². The molecule has 6 nitrogen and oxygen atoms in total. The molecule has 0 aliphatic carbocycles. The zero-order valence-electron chi connectivity index (χ0n) is 20.0. The molecule has 6 heteroatoms. The van der Waals surface area contributed by atoms with Gasteiger partial charge in [0.1, 0.15) is 18.9 Å². The maximum atomic E-state index is 11.9. The van der Waals surface area contributed by atoms with Crippen LogP contribution in [0.5, 0.6) is 0 Å². The Bertz CT molecular complexity index is 617. The van der Waals surface area contributed by atoms with E-state index in [2.05, 4.69) is 18.7 Å². The van der Waals surface area contributed by atoms with Crippen LogP contribution in [0, 0.1) is 11.8 Å². The molecule has 1 aliphatic rings. The summed E-state index contributed by atoms with van der Waals surface area (Å²) < 4.78 is 5.36. The van der Waals surface area contributed by atoms with Gasteiger partial charge in [0, 0.05) is 12.8 Å². The number of hydrogen-bond acceptors (Lipinski definition) is 5. The number of rotatable bonds is 8. The topological polar surface area (TPSA) is 89.7 Å². The summed E-state index contributed by atoms with van der Waals surface area (Å²) in [5, 5.41) is 0. The van der Waals surface area contributed by atoms with Gasteiger partial charge in [-0.05, 0) is 50.3 Å². The number of carbonyl (C=O) groups excluding carboxylic acids is 3. The summed E-state index contributed by atoms with van der Waals surface area (Å²) in [6.07, 6.45) is 6.44. The number of piperidine rings is 1. The first-order chi connectivity index (χ1) is 14.7. The third kappa shape index (κ3) is 16.2. The Morgan fingerprint density at radius 2 is 1.77 bits per heavy atom. The minimum Gasteiger partial charge on any atom is -0.460 e. The van der Waals surface area contributed by atoms with Gasteiger partial charge >= 0.3 is 5.97 Å². The molecule has 1 fully saturated rings. The zero-order chi connectivity index (χ0) is 23.6. The molecule has 1 heterocycles. The van der Waals surface area contributed by atoms with Gasteiger partial charge < -0.3 is 15.3 Å². The summed E-state index contributed by atoms with van der Waals surface area (Å²) in [4.78, 5) is 33.8. The van der Waals surface area contributed by atoms with Crippen molar-refractivity contribution in [3.8, 4) is 0 Å². The molecule has 176 valence electrons. The number of amides is 1. The van der Waals surface area contributed by atoms with Crippen molar-refractivity contribution in [3.05, 3.63) is 35.9 Å². The second kappa shape index (κ2) is 17.5. The molecule has 1 aromatic carbocycles. The largest absolute Gasteiger partial charge is 0.460 e. The molecule has 0 bridgehead atoms. The predicted molar refractivity (Wildman–Crippen MR) is 125 cm³/mol. The fraction of sp³-hybridized carbons (Fsp3) is 0.640. The number of likely N-dealkylation sites (N-methyl/N-ethyl adjacent to an activating group) is 1. The fourth-order valence-electron chi connectivity index (χ4n) is 3.00. The van der Waals surface area contributed by atoms with E-state index in [1.54, 1.807) is 0 Å². The smallest absolute Gasteiger partial charge is 0.323 e. The highest BCUT2D eigenvalue weighted by Crippen LogP contribution is 2.16. The number of benzene rings is 1. The first-order valence-corrected chi connectivity index (χ1v) is 11.3. The molecule has 0 spiro atoms. The van der Waals surface area contributed by atoms with E-state index in [0.29, 0.717) is 24.9 Å². The van der Waals surface area contributed by atoms with Gasteiger partial charge in [0.25, 0.3) is 0 Å². The molecule has 1 saturated heterocycles. The number of esters is 1. The molecule has 2 N–H and O–H groups in total. The molecule has 0 aromatic heterocycles. The van der Waals surface area contributed by atoms with Crippen LogP contribution in [0.25, 0.3) is 0 Å². The third-order valence-electron chi connectivity index (χ3n) is 4.74. The Morgan fingerprint density at radius 3 is 2.19 bits per heavy atom. The lowest BCUT2D eigenvalue weighted by atomic mass is 10.0. The monoisotopic (exact) mass is 434 g/mol. The highest BCUT2D eigenvalue weighted by atomic mass is 16.5. The Morgan fingerprint density at radius 1 is 1.13 bits per heavy atom. The van der Waals surface area contributed by atoms with Crippen molar-refractivity contribution < 1.29 is 19.1 Å². The van der Waals surface area contributed by atoms with E-state index in [9.17, 15) is 14.4 Å². The fourth-order valence-corrected chi connectivity index (χ4v) is 3.00. The second-order valence-corrected chi connectivity index (χ2v) is 8.79. The van der Waals surface area contributed by atoms with Crippen molar-refractivity contribution >= 4 is 18.2 Å². The van der Waals surface area contributed by atoms with E-state index < -0.39 is 0 Å². The summed E-state index contributed by atoms with van der Waals surface area (Å²) in [6.45, 7) is 9.53. The molecule has 1 aliphatic heterocycles. The van der Waals surface area contributed by atoms with Crippen molar-refractivity contribution in [2.24, 2.45) is 17.6 Å². The standard InChI is InChI=1S/C14H19NO2.C6H12O.C5H11NO/c1-15-10-6-5-9-13(15)14(16)17-11-12-7-3-2-4-8-12;1-6(2)4-3-5-7;1-4(2)3-5(6)7/h2-4,7-8,13H,5-6,9-11H2,1H3;5-6H,3-4H2,1-2H3;4H,3H2,1-2H3,(H2,6,7). The summed E-state index contributed by atoms with van der Waals surface area (Å²) in [6, 6.07) is 9.76. The van der Waals surface area contributed by atoms with Crippen LogP contribution in [0.1, 0.15) is 71.8 Å². The van der Waals surface area contributed by atoms with Crippen molar-refractivity contribution in [2.45, 2.75) is 78.9 Å². The number of nitrogens with zero attached hydrogens (tertiary/aromatic N) is 1. The molecule has 0 saturated carbocycles. The minimum absolute atomic E-state index is 0.0486. The lowest BCUT2D eigenvalue weighted by Gasteiger charge is -2.30. The normalized spacial score (nSPS) is 15.9. The minimum atomic E-state index is -0.213. The van der Waals surface area contributed by atoms with Gasteiger partial charge in [0.2, 0.25) is 5.91 Å². The highest BCUT2D eigenvalue weighted by molar-refractivity contribution is 5.75. The SMILES string of the molecule is CC(C)CC(N)=O.CC(C)CCC=O.CN1CCCCC1C(=O)OCc1ccccc1. The Balaban J connectivity index is 0.000000536. The molecule has 1 aromatic rings. The Kier molecular flexibility index (Phi) is 16.2. The summed E-state index contributed by atoms with van der Waals surface area (Å²) in [5.74, 6) is 0.772. The number of nitrogens with two attached hydrogens (primary N) is 1. The van der Waals surface area contributed by atoms with E-state index in [4.69, 9.17) is 10.5 Å². The number of aldehydes is 1. The second-order valence-electron chi connectivity index (χ2n) is 8.79. The Hall–Kier alpha value is -2.21. The van der Waals surface area contributed by atoms with Crippen molar-refractivity contribution in [1.82, 2.24) is 4.90 Å². The van der Waals surface area contributed by atoms with Gasteiger partial charge in [-0.3, -0.25) is 14.5 Å². The number of likely N-dealkylation sites (tertiary alicyclic amines) is 1. The average molecular weight is 435 g/mol. The molecular weight excluding hydrogens is 392 g/mol. The molecule has 31 heavy (non-hydrogen) atoms. The predicted octanol–water partition coefficient (Wildman–Crippen LogP) is 4.35. The maximum Gasteiger partial charge on any atom is 0.323 e. The maximum absolute atomic E-state index is 11.9. The number of primary amides is 1. The third-order valence-corrected chi connectivity index (χ3v) is 4.74. The van der Waals surface area contributed by atoms with Crippen LogP contribution in [-0.2, 0) is 25.7 Å². The molecule has 2 rings (SSSR count). The highest BCUT2D eigenvalue weighted by Gasteiger charge is 2.26. The van der Waals surface area contributed by atoms with Crippen LogP contribution in [0.15, 0.2) is 30.3 Å². The van der Waals surface area contributed by atoms with Crippen LogP contribution in [0.4, 0.5) is 0 Å². The van der Waals surface area contributed by atoms with Gasteiger partial charge in [-0.2, -0.15) is 0 Å². The summed E-state index contributed by atoms with van der Waals surface area (Å²) in [5.41, 5.74) is 5.90. The quantitative estimate of drug-likeness (QED) is 0.485. The zero-order valence-corrected chi connectivity index (χ0v) is 20.0. The first kappa shape index (κ1) is 28.8. The average Bonchev–Trinajstić information content (AvgIpc) is 2.71. The van der Waals surface area contributed by atoms with E-state index in [0.717, 1.165) is 44.1 Å². The molecule has 0 radical (unpaired) electrons. The van der Waals surface area contributed by atoms with Crippen molar-refractivity contribution in [2.75, 3.05) is 13.6 Å². The molecule has 1 amide bonds. The molecule has 1 unspecified atom stereocenters. The van der Waals surface area contributed by atoms with Crippen LogP contribution in [0.3, 0.4) is 0 Å². The lowest BCUT2D eigenvalue weighted by Crippen LogP contribution is -2.42. The summed E-state index contributed by atoms with van der Waals surface area (Å²) in [7, 11) is 1.99. The Labute approximate surface area is 188 Å². The van der Waals surface area contributed by atoms with Crippen molar-refractivity contribution in [3.63, 3.8) is 0 Å². The van der Waals surface area contributed by atoms with E-state index in [1.165, 1.54) is 6.42 Å².